The van der Waals surface area contributed by atoms with Gasteiger partial charge in [0, 0.05) is 16.5 Å². The minimum atomic E-state index is 0.107. The fraction of sp³-hybridized carbons (Fsp3) is 0.0833. The molecule has 0 aliphatic carbocycles. The zero-order valence-corrected chi connectivity index (χ0v) is 11.4. The maximum absolute atomic E-state index is 11.9. The molecule has 0 radical (unpaired) electrons. The van der Waals surface area contributed by atoms with Gasteiger partial charge in [-0.15, -0.1) is 0 Å². The first-order chi connectivity index (χ1) is 7.66. The van der Waals surface area contributed by atoms with Gasteiger partial charge < -0.3 is 0 Å². The fourth-order valence-electron chi connectivity index (χ4n) is 1.35. The van der Waals surface area contributed by atoms with Crippen molar-refractivity contribution in [3.8, 4) is 0 Å². The van der Waals surface area contributed by atoms with E-state index in [0.717, 1.165) is 10.0 Å². The quantitative estimate of drug-likeness (QED) is 0.757. The maximum atomic E-state index is 11.9. The molecule has 1 aromatic carbocycles. The second kappa shape index (κ2) is 5.13. The highest BCUT2D eigenvalue weighted by Crippen LogP contribution is 2.24. The third-order valence-electron chi connectivity index (χ3n) is 2.19. The molecule has 1 nitrogen and oxygen atoms in total. The summed E-state index contributed by atoms with van der Waals surface area (Å²) in [5.74, 6) is 0.107. The highest BCUT2D eigenvalue weighted by molar-refractivity contribution is 9.10. The molecular weight excluding hydrogens is 308 g/mol. The van der Waals surface area contributed by atoms with Crippen LogP contribution in [0.3, 0.4) is 0 Å². The largest absolute Gasteiger partial charge is 0.294 e. The molecule has 0 saturated carbocycles. The van der Waals surface area contributed by atoms with Crippen molar-refractivity contribution in [3.63, 3.8) is 0 Å². The van der Waals surface area contributed by atoms with Gasteiger partial charge in [0.15, 0.2) is 5.78 Å². The van der Waals surface area contributed by atoms with Crippen molar-refractivity contribution in [1.82, 2.24) is 0 Å². The molecule has 1 heterocycles. The Morgan fingerprint density at radius 2 is 2.19 bits per heavy atom. The molecule has 0 fully saturated rings. The van der Waals surface area contributed by atoms with Crippen molar-refractivity contribution in [1.29, 1.82) is 0 Å². The minimum Gasteiger partial charge on any atom is -0.294 e. The van der Waals surface area contributed by atoms with E-state index in [1.807, 2.05) is 16.8 Å². The molecule has 2 aromatic rings. The third-order valence-corrected chi connectivity index (χ3v) is 4.13. The van der Waals surface area contributed by atoms with Crippen LogP contribution in [0.4, 0.5) is 0 Å². The summed E-state index contributed by atoms with van der Waals surface area (Å²) in [5.41, 5.74) is 1.74. The Kier molecular flexibility index (Phi) is 3.79. The number of ketones is 1. The number of rotatable bonds is 3. The average molecular weight is 316 g/mol. The predicted molar refractivity (Wildman–Crippen MR) is 71.5 cm³/mol. The smallest absolute Gasteiger partial charge is 0.167 e. The predicted octanol–water partition coefficient (Wildman–Crippen LogP) is 4.59. The lowest BCUT2D eigenvalue weighted by atomic mass is 10.1. The Bertz CT molecular complexity index is 508. The van der Waals surface area contributed by atoms with Crippen molar-refractivity contribution in [2.24, 2.45) is 0 Å². The number of hydrogen-bond acceptors (Lipinski definition) is 2. The van der Waals surface area contributed by atoms with Gasteiger partial charge in [0.05, 0.1) is 5.02 Å². The van der Waals surface area contributed by atoms with Gasteiger partial charge in [0.1, 0.15) is 0 Å². The maximum Gasteiger partial charge on any atom is 0.167 e. The van der Waals surface area contributed by atoms with Crippen LogP contribution in [0.2, 0.25) is 5.02 Å². The second-order valence-electron chi connectivity index (χ2n) is 3.36. The van der Waals surface area contributed by atoms with Crippen LogP contribution in [0.15, 0.2) is 39.5 Å². The number of carbonyl (C=O) groups excluding carboxylic acids is 1. The summed E-state index contributed by atoms with van der Waals surface area (Å²) in [7, 11) is 0. The summed E-state index contributed by atoms with van der Waals surface area (Å²) >= 11 is 10.8. The number of halogens is 2. The Morgan fingerprint density at radius 1 is 1.38 bits per heavy atom. The highest BCUT2D eigenvalue weighted by Gasteiger charge is 2.09. The van der Waals surface area contributed by atoms with Gasteiger partial charge in [-0.2, -0.15) is 11.3 Å². The van der Waals surface area contributed by atoms with Crippen LogP contribution in [0.25, 0.3) is 0 Å². The van der Waals surface area contributed by atoms with Crippen LogP contribution in [0.1, 0.15) is 15.9 Å². The number of thiophene rings is 1. The summed E-state index contributed by atoms with van der Waals surface area (Å²) in [6, 6.07) is 7.21. The number of benzene rings is 1. The summed E-state index contributed by atoms with van der Waals surface area (Å²) in [6.45, 7) is 0. The van der Waals surface area contributed by atoms with Crippen LogP contribution < -0.4 is 0 Å². The van der Waals surface area contributed by atoms with Gasteiger partial charge >= 0.3 is 0 Å². The van der Waals surface area contributed by atoms with Gasteiger partial charge in [-0.05, 0) is 56.5 Å². The minimum absolute atomic E-state index is 0.107. The van der Waals surface area contributed by atoms with E-state index in [0.29, 0.717) is 17.0 Å². The molecule has 82 valence electrons. The molecule has 16 heavy (non-hydrogen) atoms. The number of carbonyl (C=O) groups is 1. The van der Waals surface area contributed by atoms with Crippen LogP contribution in [-0.2, 0) is 6.42 Å². The fourth-order valence-corrected chi connectivity index (χ4v) is 2.52. The molecule has 0 saturated heterocycles. The van der Waals surface area contributed by atoms with Gasteiger partial charge in [-0.3, -0.25) is 4.79 Å². The first kappa shape index (κ1) is 11.8. The van der Waals surface area contributed by atoms with Crippen LogP contribution >= 0.6 is 38.9 Å². The topological polar surface area (TPSA) is 17.1 Å². The van der Waals surface area contributed by atoms with E-state index >= 15 is 0 Å². The molecule has 0 bridgehead atoms. The van der Waals surface area contributed by atoms with Crippen molar-refractivity contribution >= 4 is 44.7 Å². The average Bonchev–Trinajstić information content (AvgIpc) is 2.74. The highest BCUT2D eigenvalue weighted by atomic mass is 79.9. The van der Waals surface area contributed by atoms with Crippen molar-refractivity contribution in [3.05, 3.63) is 55.6 Å². The van der Waals surface area contributed by atoms with E-state index in [4.69, 9.17) is 11.6 Å². The van der Waals surface area contributed by atoms with Crippen molar-refractivity contribution < 1.29 is 4.79 Å². The number of hydrogen-bond donors (Lipinski definition) is 0. The van der Waals surface area contributed by atoms with E-state index in [-0.39, 0.29) is 5.78 Å². The third kappa shape index (κ3) is 2.73. The van der Waals surface area contributed by atoms with E-state index < -0.39 is 0 Å². The van der Waals surface area contributed by atoms with E-state index in [2.05, 4.69) is 15.9 Å². The van der Waals surface area contributed by atoms with E-state index in [1.54, 1.807) is 29.5 Å². The van der Waals surface area contributed by atoms with Gasteiger partial charge in [0.2, 0.25) is 0 Å². The summed E-state index contributed by atoms with van der Waals surface area (Å²) in [6.07, 6.45) is 0.442. The second-order valence-corrected chi connectivity index (χ2v) is 5.40. The molecule has 0 N–H and O–H groups in total. The lowest BCUT2D eigenvalue weighted by molar-refractivity contribution is 0.0993. The van der Waals surface area contributed by atoms with Crippen molar-refractivity contribution in [2.45, 2.75) is 6.42 Å². The van der Waals surface area contributed by atoms with E-state index in [1.165, 1.54) is 0 Å². The summed E-state index contributed by atoms with van der Waals surface area (Å²) in [5, 5.41) is 4.58. The molecule has 1 aromatic heterocycles. The normalized spacial score (nSPS) is 10.4. The Balaban J connectivity index is 2.18. The zero-order valence-electron chi connectivity index (χ0n) is 8.24. The first-order valence-corrected chi connectivity index (χ1v) is 6.77. The van der Waals surface area contributed by atoms with Crippen LogP contribution in [0, 0.1) is 0 Å². The Morgan fingerprint density at radius 3 is 2.81 bits per heavy atom. The summed E-state index contributed by atoms with van der Waals surface area (Å²) < 4.78 is 0.755. The molecule has 2 rings (SSSR count). The van der Waals surface area contributed by atoms with Crippen molar-refractivity contribution in [2.75, 3.05) is 0 Å². The molecular formula is C12H8BrClOS. The standard InChI is InChI=1S/C12H8BrClOS/c13-10-6-9(1-2-11(10)14)12(15)5-8-3-4-16-7-8/h1-4,6-7H,5H2. The molecule has 4 heteroatoms. The van der Waals surface area contributed by atoms with Crippen LogP contribution in [0.5, 0.6) is 0 Å². The molecule has 0 amide bonds. The van der Waals surface area contributed by atoms with E-state index in [9.17, 15) is 4.79 Å². The van der Waals surface area contributed by atoms with Gasteiger partial charge in [-0.25, -0.2) is 0 Å². The molecule has 0 spiro atoms. The molecule has 0 aliphatic rings. The molecule has 0 unspecified atom stereocenters. The monoisotopic (exact) mass is 314 g/mol. The first-order valence-electron chi connectivity index (χ1n) is 4.66. The Hall–Kier alpha value is -0.640. The lowest BCUT2D eigenvalue weighted by Crippen LogP contribution is -2.02. The zero-order chi connectivity index (χ0) is 11.5. The number of Topliss-reactive ketones (excluding diaryl/α,β-unsaturated/α-hetero) is 1. The summed E-state index contributed by atoms with van der Waals surface area (Å²) in [4.78, 5) is 11.9. The van der Waals surface area contributed by atoms with Gasteiger partial charge in [0.25, 0.3) is 0 Å². The molecule has 0 atom stereocenters. The van der Waals surface area contributed by atoms with Crippen LogP contribution in [-0.4, -0.2) is 5.78 Å². The van der Waals surface area contributed by atoms with Gasteiger partial charge in [-0.1, -0.05) is 11.6 Å². The lowest BCUT2D eigenvalue weighted by Gasteiger charge is -2.01. The Labute approximate surface area is 111 Å². The molecule has 0 aliphatic heterocycles. The SMILES string of the molecule is O=C(Cc1ccsc1)c1ccc(Cl)c(Br)c1.